The second-order valence-corrected chi connectivity index (χ2v) is 8.85. The topological polar surface area (TPSA) is 31.4 Å². The van der Waals surface area contributed by atoms with Gasteiger partial charge in [0.25, 0.3) is 0 Å². The van der Waals surface area contributed by atoms with Crippen molar-refractivity contribution in [2.45, 2.75) is 45.4 Å². The lowest BCUT2D eigenvalue weighted by molar-refractivity contribution is -0.276. The van der Waals surface area contributed by atoms with Gasteiger partial charge in [0.2, 0.25) is 5.75 Å². The Morgan fingerprint density at radius 3 is 2.26 bits per heavy atom. The number of pyridine rings is 1. The molecule has 0 atom stereocenters. The van der Waals surface area contributed by atoms with Gasteiger partial charge in [-0.3, -0.25) is 4.98 Å². The van der Waals surface area contributed by atoms with E-state index in [-0.39, 0.29) is 18.4 Å². The maximum Gasteiger partial charge on any atom is 0.573 e. The van der Waals surface area contributed by atoms with E-state index >= 15 is 4.39 Å². The van der Waals surface area contributed by atoms with E-state index in [0.29, 0.717) is 34.4 Å². The van der Waals surface area contributed by atoms with Crippen LogP contribution in [0, 0.1) is 17.5 Å². The molecule has 1 heterocycles. The van der Waals surface area contributed by atoms with Gasteiger partial charge < -0.3 is 9.47 Å². The van der Waals surface area contributed by atoms with Crippen molar-refractivity contribution in [3.05, 3.63) is 89.4 Å². The zero-order chi connectivity index (χ0) is 27.3. The molecule has 0 aliphatic carbocycles. The predicted molar refractivity (Wildman–Crippen MR) is 133 cm³/mol. The zero-order valence-electron chi connectivity index (χ0n) is 20.5. The average Bonchev–Trinajstić information content (AvgIpc) is 2.88. The molecule has 0 bridgehead atoms. The van der Waals surface area contributed by atoms with Crippen molar-refractivity contribution in [3.8, 4) is 22.8 Å². The van der Waals surface area contributed by atoms with Crippen LogP contribution in [-0.2, 0) is 12.8 Å². The molecule has 0 N–H and O–H groups in total. The van der Waals surface area contributed by atoms with Crippen LogP contribution in [0.1, 0.15) is 37.3 Å². The molecule has 0 fully saturated rings. The van der Waals surface area contributed by atoms with E-state index in [1.807, 2.05) is 18.2 Å². The number of halogens is 6. The summed E-state index contributed by atoms with van der Waals surface area (Å²) in [5, 5.41) is 1.02. The number of ether oxygens (including phenoxy) is 2. The van der Waals surface area contributed by atoms with Crippen molar-refractivity contribution in [3.63, 3.8) is 0 Å². The Labute approximate surface area is 216 Å². The summed E-state index contributed by atoms with van der Waals surface area (Å²) in [5.74, 6) is -4.26. The van der Waals surface area contributed by atoms with Crippen LogP contribution in [0.4, 0.5) is 26.3 Å². The highest BCUT2D eigenvalue weighted by molar-refractivity contribution is 5.88. The van der Waals surface area contributed by atoms with E-state index in [1.54, 1.807) is 30.5 Å². The van der Waals surface area contributed by atoms with Gasteiger partial charge in [-0.2, -0.15) is 0 Å². The summed E-state index contributed by atoms with van der Waals surface area (Å²) in [6, 6.07) is 13.7. The Hall–Kier alpha value is -3.75. The Kier molecular flexibility index (Phi) is 8.44. The Balaban J connectivity index is 1.46. The van der Waals surface area contributed by atoms with Crippen molar-refractivity contribution < 1.29 is 35.8 Å². The lowest BCUT2D eigenvalue weighted by atomic mass is 9.98. The summed E-state index contributed by atoms with van der Waals surface area (Å²) in [4.78, 5) is 4.45. The fourth-order valence-electron chi connectivity index (χ4n) is 4.12. The van der Waals surface area contributed by atoms with E-state index < -0.39 is 29.6 Å². The number of aryl methyl sites for hydroxylation is 2. The summed E-state index contributed by atoms with van der Waals surface area (Å²) >= 11 is 0. The SMILES string of the molecule is CCCCCOc1ccc(-c2ccc3c(F)c(CCc4cc(F)c(OC(F)(F)F)c(F)c4)ccc3c2)nc1. The number of aromatic nitrogens is 1. The van der Waals surface area contributed by atoms with Crippen LogP contribution in [0.2, 0.25) is 0 Å². The number of rotatable bonds is 10. The summed E-state index contributed by atoms with van der Waals surface area (Å²) < 4.78 is 89.3. The van der Waals surface area contributed by atoms with Gasteiger partial charge in [-0.15, -0.1) is 13.2 Å². The number of benzene rings is 3. The Morgan fingerprint density at radius 2 is 1.61 bits per heavy atom. The average molecular weight is 534 g/mol. The van der Waals surface area contributed by atoms with Crippen LogP contribution in [0.15, 0.2) is 60.8 Å². The van der Waals surface area contributed by atoms with Gasteiger partial charge in [0, 0.05) is 10.9 Å². The molecule has 1 aromatic heterocycles. The molecule has 0 unspecified atom stereocenters. The first-order valence-corrected chi connectivity index (χ1v) is 12.2. The third kappa shape index (κ3) is 6.76. The van der Waals surface area contributed by atoms with Gasteiger partial charge in [-0.25, -0.2) is 13.2 Å². The number of unbranched alkanes of at least 4 members (excludes halogenated alkanes) is 2. The minimum Gasteiger partial charge on any atom is -0.492 e. The molecule has 0 aliphatic heterocycles. The third-order valence-electron chi connectivity index (χ3n) is 6.04. The largest absolute Gasteiger partial charge is 0.573 e. The fourth-order valence-corrected chi connectivity index (χ4v) is 4.12. The van der Waals surface area contributed by atoms with Crippen molar-refractivity contribution in [2.75, 3.05) is 6.61 Å². The molecule has 3 nitrogen and oxygen atoms in total. The molecule has 0 saturated carbocycles. The smallest absolute Gasteiger partial charge is 0.492 e. The molecular weight excluding hydrogens is 508 g/mol. The van der Waals surface area contributed by atoms with Crippen LogP contribution in [0.3, 0.4) is 0 Å². The minimum absolute atomic E-state index is 0.0113. The summed E-state index contributed by atoms with van der Waals surface area (Å²) in [5.41, 5.74) is 1.89. The molecule has 9 heteroatoms. The number of alkyl halides is 3. The van der Waals surface area contributed by atoms with Crippen LogP contribution in [0.5, 0.6) is 11.5 Å². The molecule has 4 rings (SSSR count). The van der Waals surface area contributed by atoms with Gasteiger partial charge in [-0.1, -0.05) is 44.0 Å². The number of hydrogen-bond donors (Lipinski definition) is 0. The first-order chi connectivity index (χ1) is 18.1. The predicted octanol–water partition coefficient (Wildman–Crippen LogP) is 8.57. The normalized spacial score (nSPS) is 11.7. The maximum absolute atomic E-state index is 15.2. The van der Waals surface area contributed by atoms with Gasteiger partial charge in [0.1, 0.15) is 11.6 Å². The molecule has 0 spiro atoms. The highest BCUT2D eigenvalue weighted by Gasteiger charge is 2.34. The van der Waals surface area contributed by atoms with Crippen molar-refractivity contribution in [2.24, 2.45) is 0 Å². The molecule has 4 aromatic rings. The summed E-state index contributed by atoms with van der Waals surface area (Å²) in [6.07, 6.45) is -0.274. The zero-order valence-corrected chi connectivity index (χ0v) is 20.5. The number of hydrogen-bond acceptors (Lipinski definition) is 3. The molecule has 0 saturated heterocycles. The lowest BCUT2D eigenvalue weighted by Crippen LogP contribution is -2.19. The van der Waals surface area contributed by atoms with Crippen LogP contribution in [0.25, 0.3) is 22.0 Å². The number of fused-ring (bicyclic) bond motifs is 1. The van der Waals surface area contributed by atoms with Crippen molar-refractivity contribution in [1.82, 2.24) is 4.98 Å². The van der Waals surface area contributed by atoms with Crippen molar-refractivity contribution >= 4 is 10.8 Å². The van der Waals surface area contributed by atoms with E-state index in [0.717, 1.165) is 37.0 Å². The quantitative estimate of drug-likeness (QED) is 0.151. The first kappa shape index (κ1) is 27.3. The highest BCUT2D eigenvalue weighted by atomic mass is 19.4. The van der Waals surface area contributed by atoms with Gasteiger partial charge in [-0.05, 0) is 66.1 Å². The molecule has 0 radical (unpaired) electrons. The van der Waals surface area contributed by atoms with E-state index in [1.165, 1.54) is 0 Å². The van der Waals surface area contributed by atoms with E-state index in [4.69, 9.17) is 4.74 Å². The van der Waals surface area contributed by atoms with Crippen LogP contribution >= 0.6 is 0 Å². The molecule has 38 heavy (non-hydrogen) atoms. The number of nitrogens with zero attached hydrogens (tertiary/aromatic N) is 1. The van der Waals surface area contributed by atoms with Gasteiger partial charge in [0.05, 0.1) is 18.5 Å². The first-order valence-electron chi connectivity index (χ1n) is 12.2. The molecular formula is C29H25F6NO2. The van der Waals surface area contributed by atoms with Gasteiger partial charge >= 0.3 is 6.36 Å². The minimum atomic E-state index is -5.22. The highest BCUT2D eigenvalue weighted by Crippen LogP contribution is 2.31. The van der Waals surface area contributed by atoms with Crippen LogP contribution in [-0.4, -0.2) is 18.0 Å². The molecule has 200 valence electrons. The fraction of sp³-hybridized carbons (Fsp3) is 0.276. The second kappa shape index (κ2) is 11.8. The maximum atomic E-state index is 15.2. The van der Waals surface area contributed by atoms with Crippen molar-refractivity contribution in [1.29, 1.82) is 0 Å². The van der Waals surface area contributed by atoms with E-state index in [2.05, 4.69) is 16.6 Å². The molecule has 3 aromatic carbocycles. The monoisotopic (exact) mass is 533 g/mol. The summed E-state index contributed by atoms with van der Waals surface area (Å²) in [7, 11) is 0. The molecule has 0 aliphatic rings. The summed E-state index contributed by atoms with van der Waals surface area (Å²) in [6.45, 7) is 2.76. The van der Waals surface area contributed by atoms with E-state index in [9.17, 15) is 22.0 Å². The van der Waals surface area contributed by atoms with Crippen LogP contribution < -0.4 is 9.47 Å². The Bertz CT molecular complexity index is 1380. The second-order valence-electron chi connectivity index (χ2n) is 8.85. The third-order valence-corrected chi connectivity index (χ3v) is 6.04. The Morgan fingerprint density at radius 1 is 0.842 bits per heavy atom. The lowest BCUT2D eigenvalue weighted by Gasteiger charge is -2.12. The molecule has 0 amide bonds. The standard InChI is InChI=1S/C29H25F6NO2/c1-2-3-4-13-37-22-10-12-26(36-17-22)21-9-11-23-20(16-21)8-7-19(27(23)32)6-5-18-14-24(30)28(25(31)15-18)38-29(33,34)35/h7-12,14-17H,2-6,13H2,1H3. The van der Waals surface area contributed by atoms with Gasteiger partial charge in [0.15, 0.2) is 11.6 Å².